The van der Waals surface area contributed by atoms with Crippen LogP contribution in [0.4, 0.5) is 0 Å². The van der Waals surface area contributed by atoms with Gasteiger partial charge in [0.15, 0.2) is 0 Å². The molecule has 1 unspecified atom stereocenters. The van der Waals surface area contributed by atoms with E-state index >= 15 is 0 Å². The van der Waals surface area contributed by atoms with Crippen LogP contribution in [0.3, 0.4) is 0 Å². The van der Waals surface area contributed by atoms with Crippen molar-refractivity contribution in [3.63, 3.8) is 0 Å². The normalized spacial score (nSPS) is 21.6. The third kappa shape index (κ3) is 4.30. The Morgan fingerprint density at radius 1 is 1.29 bits per heavy atom. The first-order valence-electron chi connectivity index (χ1n) is 6.52. The van der Waals surface area contributed by atoms with Crippen LogP contribution in [0, 0.1) is 10.8 Å². The monoisotopic (exact) mass is 242 g/mol. The van der Waals surface area contributed by atoms with E-state index < -0.39 is 5.41 Å². The van der Waals surface area contributed by atoms with Crippen LogP contribution in [0.25, 0.3) is 0 Å². The van der Waals surface area contributed by atoms with Gasteiger partial charge in [-0.25, -0.2) is 0 Å². The third-order valence-corrected chi connectivity index (χ3v) is 3.39. The molecule has 17 heavy (non-hydrogen) atoms. The summed E-state index contributed by atoms with van der Waals surface area (Å²) in [5.41, 5.74) is -0.317. The van der Waals surface area contributed by atoms with Crippen LogP contribution in [0.15, 0.2) is 0 Å². The van der Waals surface area contributed by atoms with Gasteiger partial charge in [-0.15, -0.1) is 0 Å². The molecular formula is C14H26O3. The molecule has 0 bridgehead atoms. The molecule has 1 aliphatic rings. The van der Waals surface area contributed by atoms with E-state index in [4.69, 9.17) is 9.47 Å². The van der Waals surface area contributed by atoms with E-state index in [1.807, 2.05) is 20.8 Å². The van der Waals surface area contributed by atoms with E-state index in [2.05, 4.69) is 13.8 Å². The van der Waals surface area contributed by atoms with Gasteiger partial charge < -0.3 is 9.47 Å². The number of ether oxygens (including phenoxy) is 2. The summed E-state index contributed by atoms with van der Waals surface area (Å²) in [4.78, 5) is 11.6. The first kappa shape index (κ1) is 14.5. The van der Waals surface area contributed by atoms with Crippen molar-refractivity contribution in [2.45, 2.75) is 60.0 Å². The lowest BCUT2D eigenvalue weighted by atomic mass is 9.82. The van der Waals surface area contributed by atoms with Gasteiger partial charge in [0.1, 0.15) is 0 Å². The third-order valence-electron chi connectivity index (χ3n) is 3.39. The number of hydrogen-bond donors (Lipinski definition) is 0. The highest BCUT2D eigenvalue weighted by molar-refractivity contribution is 5.75. The van der Waals surface area contributed by atoms with Crippen molar-refractivity contribution in [1.29, 1.82) is 0 Å². The summed E-state index contributed by atoms with van der Waals surface area (Å²) < 4.78 is 11.0. The second kappa shape index (κ2) is 5.38. The van der Waals surface area contributed by atoms with Gasteiger partial charge in [-0.2, -0.15) is 0 Å². The molecule has 0 aliphatic carbocycles. The van der Waals surface area contributed by atoms with Crippen molar-refractivity contribution in [3.8, 4) is 0 Å². The number of hydrogen-bond acceptors (Lipinski definition) is 3. The van der Waals surface area contributed by atoms with E-state index in [-0.39, 0.29) is 11.4 Å². The second-order valence-corrected chi connectivity index (χ2v) is 6.63. The van der Waals surface area contributed by atoms with Gasteiger partial charge in [-0.05, 0) is 45.4 Å². The molecule has 1 fully saturated rings. The molecule has 0 N–H and O–H groups in total. The standard InChI is InChI=1S/C14H26O3/c1-13(2,3)12(15)17-10-8-14(4,5)11-7-6-9-16-11/h11H,6-10H2,1-5H3. The highest BCUT2D eigenvalue weighted by Crippen LogP contribution is 2.34. The molecule has 1 atom stereocenters. The predicted octanol–water partition coefficient (Wildman–Crippen LogP) is 3.17. The van der Waals surface area contributed by atoms with Gasteiger partial charge in [0.2, 0.25) is 0 Å². The number of carbonyl (C=O) groups excluding carboxylic acids is 1. The smallest absolute Gasteiger partial charge is 0.311 e. The molecule has 0 saturated carbocycles. The van der Waals surface area contributed by atoms with Gasteiger partial charge in [0, 0.05) is 6.61 Å². The number of esters is 1. The Morgan fingerprint density at radius 2 is 1.94 bits per heavy atom. The molecule has 3 nitrogen and oxygen atoms in total. The largest absolute Gasteiger partial charge is 0.465 e. The Hall–Kier alpha value is -0.570. The maximum atomic E-state index is 11.6. The SMILES string of the molecule is CC(C)(C)C(=O)OCCC(C)(C)C1CCCO1. The molecule has 0 amide bonds. The number of rotatable bonds is 4. The van der Waals surface area contributed by atoms with Crippen molar-refractivity contribution in [2.24, 2.45) is 10.8 Å². The molecule has 0 aromatic heterocycles. The summed E-state index contributed by atoms with van der Waals surface area (Å²) in [7, 11) is 0. The summed E-state index contributed by atoms with van der Waals surface area (Å²) in [5.74, 6) is -0.124. The van der Waals surface area contributed by atoms with E-state index in [1.165, 1.54) is 0 Å². The maximum Gasteiger partial charge on any atom is 0.311 e. The minimum absolute atomic E-state index is 0.0919. The Bertz CT molecular complexity index is 257. The molecule has 0 spiro atoms. The average Bonchev–Trinajstić information content (AvgIpc) is 2.68. The summed E-state index contributed by atoms with van der Waals surface area (Å²) >= 11 is 0. The predicted molar refractivity (Wildman–Crippen MR) is 67.8 cm³/mol. The quantitative estimate of drug-likeness (QED) is 0.710. The zero-order valence-corrected chi connectivity index (χ0v) is 11.8. The molecule has 1 aliphatic heterocycles. The first-order chi connectivity index (χ1) is 7.73. The summed E-state index contributed by atoms with van der Waals surface area (Å²) in [6.07, 6.45) is 3.45. The molecule has 1 heterocycles. The molecule has 1 saturated heterocycles. The first-order valence-corrected chi connectivity index (χ1v) is 6.52. The fourth-order valence-corrected chi connectivity index (χ4v) is 1.98. The van der Waals surface area contributed by atoms with Crippen molar-refractivity contribution in [1.82, 2.24) is 0 Å². The van der Waals surface area contributed by atoms with Crippen molar-refractivity contribution in [2.75, 3.05) is 13.2 Å². The highest BCUT2D eigenvalue weighted by atomic mass is 16.5. The van der Waals surface area contributed by atoms with Crippen LogP contribution in [0.2, 0.25) is 0 Å². The summed E-state index contributed by atoms with van der Waals surface area (Å²) in [6, 6.07) is 0. The summed E-state index contributed by atoms with van der Waals surface area (Å²) in [6.45, 7) is 11.4. The molecule has 0 aromatic carbocycles. The van der Waals surface area contributed by atoms with Crippen LogP contribution in [0.1, 0.15) is 53.9 Å². The Morgan fingerprint density at radius 3 is 2.41 bits per heavy atom. The van der Waals surface area contributed by atoms with E-state index in [0.717, 1.165) is 25.9 Å². The maximum absolute atomic E-state index is 11.6. The lowest BCUT2D eigenvalue weighted by Gasteiger charge is -2.31. The van der Waals surface area contributed by atoms with Gasteiger partial charge >= 0.3 is 5.97 Å². The highest BCUT2D eigenvalue weighted by Gasteiger charge is 2.33. The van der Waals surface area contributed by atoms with Crippen LogP contribution < -0.4 is 0 Å². The topological polar surface area (TPSA) is 35.5 Å². The van der Waals surface area contributed by atoms with Crippen LogP contribution in [0.5, 0.6) is 0 Å². The minimum atomic E-state index is -0.409. The molecule has 0 radical (unpaired) electrons. The zero-order chi connectivity index (χ0) is 13.1. The van der Waals surface area contributed by atoms with Crippen LogP contribution in [-0.2, 0) is 14.3 Å². The van der Waals surface area contributed by atoms with Gasteiger partial charge in [0.05, 0.1) is 18.1 Å². The van der Waals surface area contributed by atoms with Crippen LogP contribution in [-0.4, -0.2) is 25.3 Å². The fraction of sp³-hybridized carbons (Fsp3) is 0.929. The fourth-order valence-electron chi connectivity index (χ4n) is 1.98. The Labute approximate surface area is 105 Å². The van der Waals surface area contributed by atoms with Crippen molar-refractivity contribution in [3.05, 3.63) is 0 Å². The van der Waals surface area contributed by atoms with Crippen LogP contribution >= 0.6 is 0 Å². The molecule has 0 aromatic rings. The van der Waals surface area contributed by atoms with E-state index in [0.29, 0.717) is 12.7 Å². The summed E-state index contributed by atoms with van der Waals surface area (Å²) in [5, 5.41) is 0. The lowest BCUT2D eigenvalue weighted by Crippen LogP contribution is -2.31. The number of carbonyl (C=O) groups is 1. The molecular weight excluding hydrogens is 216 g/mol. The average molecular weight is 242 g/mol. The van der Waals surface area contributed by atoms with Gasteiger partial charge in [0.25, 0.3) is 0 Å². The zero-order valence-electron chi connectivity index (χ0n) is 11.8. The lowest BCUT2D eigenvalue weighted by molar-refractivity contribution is -0.154. The Balaban J connectivity index is 2.32. The minimum Gasteiger partial charge on any atom is -0.465 e. The van der Waals surface area contributed by atoms with Gasteiger partial charge in [-0.1, -0.05) is 13.8 Å². The van der Waals surface area contributed by atoms with Crippen molar-refractivity contribution < 1.29 is 14.3 Å². The second-order valence-electron chi connectivity index (χ2n) is 6.63. The molecule has 3 heteroatoms. The van der Waals surface area contributed by atoms with Gasteiger partial charge in [-0.3, -0.25) is 4.79 Å². The van der Waals surface area contributed by atoms with Crippen molar-refractivity contribution >= 4 is 5.97 Å². The Kier molecular flexibility index (Phi) is 4.59. The molecule has 100 valence electrons. The molecule has 1 rings (SSSR count). The van der Waals surface area contributed by atoms with E-state index in [9.17, 15) is 4.79 Å². The van der Waals surface area contributed by atoms with E-state index in [1.54, 1.807) is 0 Å².